The highest BCUT2D eigenvalue weighted by Crippen LogP contribution is 1.87. The van der Waals surface area contributed by atoms with Gasteiger partial charge in [0.05, 0.1) is 0 Å². The van der Waals surface area contributed by atoms with Gasteiger partial charge in [-0.3, -0.25) is 0 Å². The molecule has 0 amide bonds. The van der Waals surface area contributed by atoms with E-state index in [-0.39, 0.29) is 6.15 Å². The Bertz CT molecular complexity index is 124. The maximum atomic E-state index is 9.86. The lowest BCUT2D eigenvalue weighted by molar-refractivity contribution is -0.132. The zero-order chi connectivity index (χ0) is 8.57. The molecule has 0 saturated carbocycles. The van der Waals surface area contributed by atoms with Crippen molar-refractivity contribution in [3.8, 4) is 0 Å². The van der Waals surface area contributed by atoms with Crippen LogP contribution in [0, 0.1) is 0 Å². The van der Waals surface area contributed by atoms with Gasteiger partial charge in [-0.2, -0.15) is 0 Å². The van der Waals surface area contributed by atoms with Gasteiger partial charge in [0.15, 0.2) is 0 Å². The van der Waals surface area contributed by atoms with Crippen LogP contribution in [0.2, 0.25) is 0 Å². The Morgan fingerprint density at radius 3 is 1.91 bits per heavy atom. The molecule has 0 bridgehead atoms. The lowest BCUT2D eigenvalue weighted by Gasteiger charge is -1.84. The average Bonchev–Trinajstić information content (AvgIpc) is 1.88. The summed E-state index contributed by atoms with van der Waals surface area (Å²) in [4.78, 5) is 9.86. The predicted octanol–water partition coefficient (Wildman–Crippen LogP) is 2.44. The topological polar surface area (TPSA) is 72.3 Å². The summed E-state index contributed by atoms with van der Waals surface area (Å²) in [7, 11) is 0. The SMILES string of the molecule is C/C=C(\C)C(=O)O.CCCl.N. The maximum Gasteiger partial charge on any atom is 0.330 e. The van der Waals surface area contributed by atoms with E-state index in [2.05, 4.69) is 0 Å². The molecular weight excluding hydrogens is 166 g/mol. The monoisotopic (exact) mass is 181 g/mol. The van der Waals surface area contributed by atoms with Crippen molar-refractivity contribution in [2.45, 2.75) is 20.8 Å². The second kappa shape index (κ2) is 12.2. The van der Waals surface area contributed by atoms with E-state index in [4.69, 9.17) is 16.7 Å². The summed E-state index contributed by atoms with van der Waals surface area (Å²) < 4.78 is 0. The van der Waals surface area contributed by atoms with Gasteiger partial charge < -0.3 is 11.3 Å². The van der Waals surface area contributed by atoms with Crippen LogP contribution in [0.5, 0.6) is 0 Å². The fourth-order valence-corrected chi connectivity index (χ4v) is 0.123. The van der Waals surface area contributed by atoms with E-state index in [1.807, 2.05) is 6.92 Å². The predicted molar refractivity (Wildman–Crippen MR) is 48.5 cm³/mol. The molecule has 0 fully saturated rings. The highest BCUT2D eigenvalue weighted by atomic mass is 35.5. The summed E-state index contributed by atoms with van der Waals surface area (Å²) in [5, 5.41) is 8.11. The highest BCUT2D eigenvalue weighted by molar-refractivity contribution is 6.17. The molecule has 0 aliphatic heterocycles. The molecular formula is C7H16ClNO2. The normalized spacial score (nSPS) is 8.91. The van der Waals surface area contributed by atoms with Crippen molar-refractivity contribution in [1.29, 1.82) is 0 Å². The second-order valence-electron chi connectivity index (χ2n) is 1.54. The number of carbonyl (C=O) groups is 1. The van der Waals surface area contributed by atoms with Crippen LogP contribution in [0.25, 0.3) is 0 Å². The second-order valence-corrected chi connectivity index (χ2v) is 2.08. The van der Waals surface area contributed by atoms with E-state index >= 15 is 0 Å². The molecule has 0 aromatic carbocycles. The molecule has 0 heterocycles. The van der Waals surface area contributed by atoms with Crippen LogP contribution in [0.1, 0.15) is 20.8 Å². The molecule has 0 atom stereocenters. The number of alkyl halides is 1. The first-order chi connectivity index (χ1) is 4.59. The van der Waals surface area contributed by atoms with Gasteiger partial charge >= 0.3 is 5.97 Å². The molecule has 0 unspecified atom stereocenters. The molecule has 0 aromatic rings. The van der Waals surface area contributed by atoms with E-state index in [0.29, 0.717) is 5.57 Å². The third-order valence-corrected chi connectivity index (χ3v) is 0.770. The Morgan fingerprint density at radius 1 is 1.64 bits per heavy atom. The Balaban J connectivity index is -0.000000140. The van der Waals surface area contributed by atoms with Gasteiger partial charge in [-0.15, -0.1) is 11.6 Å². The van der Waals surface area contributed by atoms with E-state index in [9.17, 15) is 4.79 Å². The maximum absolute atomic E-state index is 9.86. The van der Waals surface area contributed by atoms with Gasteiger partial charge in [-0.1, -0.05) is 13.0 Å². The van der Waals surface area contributed by atoms with Crippen LogP contribution in [-0.2, 0) is 4.79 Å². The van der Waals surface area contributed by atoms with Crippen molar-refractivity contribution < 1.29 is 9.90 Å². The number of allylic oxidation sites excluding steroid dienone is 1. The molecule has 3 nitrogen and oxygen atoms in total. The minimum Gasteiger partial charge on any atom is -0.478 e. The molecule has 4 N–H and O–H groups in total. The van der Waals surface area contributed by atoms with Crippen LogP contribution < -0.4 is 6.15 Å². The first-order valence-corrected chi connectivity index (χ1v) is 3.55. The number of carboxylic acid groups (broad SMARTS) is 1. The number of halogens is 1. The lowest BCUT2D eigenvalue weighted by Crippen LogP contribution is -1.93. The zero-order valence-electron chi connectivity index (χ0n) is 7.22. The first-order valence-electron chi connectivity index (χ1n) is 3.02. The van der Waals surface area contributed by atoms with Gasteiger partial charge in [-0.25, -0.2) is 4.79 Å². The minimum atomic E-state index is -0.845. The zero-order valence-corrected chi connectivity index (χ0v) is 7.98. The molecule has 0 aliphatic rings. The largest absolute Gasteiger partial charge is 0.478 e. The van der Waals surface area contributed by atoms with Crippen molar-refractivity contribution in [2.75, 3.05) is 5.88 Å². The average molecular weight is 182 g/mol. The Hall–Kier alpha value is -0.540. The van der Waals surface area contributed by atoms with Crippen LogP contribution >= 0.6 is 11.6 Å². The van der Waals surface area contributed by atoms with Gasteiger partial charge in [-0.05, 0) is 13.8 Å². The summed E-state index contributed by atoms with van der Waals surface area (Å²) >= 11 is 5.00. The minimum absolute atomic E-state index is 0. The van der Waals surface area contributed by atoms with Gasteiger partial charge in [0, 0.05) is 11.5 Å². The summed E-state index contributed by atoms with van der Waals surface area (Å²) in [6.45, 7) is 5.15. The number of carboxylic acids is 1. The number of hydrogen-bond donors (Lipinski definition) is 2. The lowest BCUT2D eigenvalue weighted by atomic mass is 10.3. The molecule has 0 aliphatic carbocycles. The summed E-state index contributed by atoms with van der Waals surface area (Å²) in [5.74, 6) is -0.123. The van der Waals surface area contributed by atoms with E-state index in [0.717, 1.165) is 5.88 Å². The van der Waals surface area contributed by atoms with Crippen molar-refractivity contribution in [3.63, 3.8) is 0 Å². The number of hydrogen-bond acceptors (Lipinski definition) is 2. The third kappa shape index (κ3) is 17.7. The van der Waals surface area contributed by atoms with Crippen molar-refractivity contribution in [2.24, 2.45) is 0 Å². The fraction of sp³-hybridized carbons (Fsp3) is 0.571. The summed E-state index contributed by atoms with van der Waals surface area (Å²) in [6, 6.07) is 0. The Kier molecular flexibility index (Phi) is 18.6. The van der Waals surface area contributed by atoms with Crippen LogP contribution in [0.4, 0.5) is 0 Å². The van der Waals surface area contributed by atoms with Gasteiger partial charge in [0.25, 0.3) is 0 Å². The quantitative estimate of drug-likeness (QED) is 0.482. The number of aliphatic carboxylic acids is 1. The first kappa shape index (κ1) is 16.8. The van der Waals surface area contributed by atoms with E-state index < -0.39 is 5.97 Å². The van der Waals surface area contributed by atoms with Crippen molar-refractivity contribution >= 4 is 17.6 Å². The van der Waals surface area contributed by atoms with Crippen LogP contribution in [0.15, 0.2) is 11.6 Å². The molecule has 0 spiro atoms. The molecule has 0 rings (SSSR count). The van der Waals surface area contributed by atoms with E-state index in [1.165, 1.54) is 0 Å². The third-order valence-electron chi connectivity index (χ3n) is 0.770. The Morgan fingerprint density at radius 2 is 1.91 bits per heavy atom. The van der Waals surface area contributed by atoms with Gasteiger partial charge in [0.2, 0.25) is 0 Å². The summed E-state index contributed by atoms with van der Waals surface area (Å²) in [5.41, 5.74) is 0.389. The van der Waals surface area contributed by atoms with Gasteiger partial charge in [0.1, 0.15) is 0 Å². The molecule has 4 heteroatoms. The smallest absolute Gasteiger partial charge is 0.330 e. The summed E-state index contributed by atoms with van der Waals surface area (Å²) in [6.07, 6.45) is 1.56. The molecule has 68 valence electrons. The van der Waals surface area contributed by atoms with Crippen LogP contribution in [0.3, 0.4) is 0 Å². The molecule has 0 radical (unpaired) electrons. The number of rotatable bonds is 1. The van der Waals surface area contributed by atoms with Crippen molar-refractivity contribution in [3.05, 3.63) is 11.6 Å². The van der Waals surface area contributed by atoms with Crippen LogP contribution in [-0.4, -0.2) is 17.0 Å². The highest BCUT2D eigenvalue weighted by Gasteiger charge is 1.93. The molecule has 0 saturated heterocycles. The van der Waals surface area contributed by atoms with E-state index in [1.54, 1.807) is 19.9 Å². The Labute approximate surface area is 72.6 Å². The standard InChI is InChI=1S/C5H8O2.C2H5Cl.H3N/c1-3-4(2)5(6)7;1-2-3;/h3H,1-2H3,(H,6,7);2H2,1H3;1H3/b4-3+;;. The van der Waals surface area contributed by atoms with Crippen molar-refractivity contribution in [1.82, 2.24) is 6.15 Å². The molecule has 11 heavy (non-hydrogen) atoms. The fourth-order valence-electron chi connectivity index (χ4n) is 0.123. The molecule has 0 aromatic heterocycles.